The highest BCUT2D eigenvalue weighted by atomic mass is 32.5. The van der Waals surface area contributed by atoms with Crippen molar-refractivity contribution in [2.24, 2.45) is 0 Å². The Bertz CT molecular complexity index is 240. The van der Waals surface area contributed by atoms with Gasteiger partial charge in [-0.25, -0.2) is 0 Å². The van der Waals surface area contributed by atoms with E-state index in [1.165, 1.54) is 0 Å². The first-order valence-electron chi connectivity index (χ1n) is 4.62. The minimum Gasteiger partial charge on any atom is -0.309 e. The minimum atomic E-state index is -2.80. The molecule has 0 saturated carbocycles. The van der Waals surface area contributed by atoms with Crippen molar-refractivity contribution in [3.63, 3.8) is 0 Å². The second-order valence-electron chi connectivity index (χ2n) is 2.71. The van der Waals surface area contributed by atoms with E-state index in [0.29, 0.717) is 13.2 Å². The van der Waals surface area contributed by atoms with Crippen molar-refractivity contribution < 1.29 is 18.5 Å². The molecule has 0 aliphatic rings. The van der Waals surface area contributed by atoms with Crippen molar-refractivity contribution in [1.82, 2.24) is 0 Å². The maximum atomic E-state index is 10.2. The molecule has 6 nitrogen and oxygen atoms in total. The smallest absolute Gasteiger partial charge is 0.309 e. The second-order valence-corrected chi connectivity index (χ2v) is 5.68. The maximum Gasteiger partial charge on any atom is 0.327 e. The fourth-order valence-electron chi connectivity index (χ4n) is 0.878. The number of nitrogens with zero attached hydrogens (tertiary/aromatic N) is 1. The Morgan fingerprint density at radius 1 is 1.40 bits per heavy atom. The van der Waals surface area contributed by atoms with Gasteiger partial charge in [-0.1, -0.05) is 0 Å². The van der Waals surface area contributed by atoms with Gasteiger partial charge in [0.1, 0.15) is 6.10 Å². The summed E-state index contributed by atoms with van der Waals surface area (Å²) >= 11 is 5.05. The van der Waals surface area contributed by atoms with E-state index in [4.69, 9.17) is 25.4 Å². The molecule has 15 heavy (non-hydrogen) atoms. The maximum absolute atomic E-state index is 10.2. The van der Waals surface area contributed by atoms with E-state index < -0.39 is 17.7 Å². The van der Waals surface area contributed by atoms with Crippen LogP contribution in [0.5, 0.6) is 0 Å². The number of hydrogen-bond donors (Lipinski definition) is 0. The fourth-order valence-corrected chi connectivity index (χ4v) is 3.29. The summed E-state index contributed by atoms with van der Waals surface area (Å²) in [5, 5.41) is 10.2. The molecule has 0 radical (unpaired) electrons. The average Bonchev–Trinajstić information content (AvgIpc) is 2.01. The number of rotatable bonds is 8. The highest BCUT2D eigenvalue weighted by Gasteiger charge is 2.25. The third-order valence-electron chi connectivity index (χ3n) is 1.29. The third-order valence-corrected chi connectivity index (χ3v) is 3.95. The van der Waals surface area contributed by atoms with E-state index in [-0.39, 0.29) is 6.54 Å². The summed E-state index contributed by atoms with van der Waals surface area (Å²) in [5.74, 6) is 0. The Balaban J connectivity index is 4.27. The summed E-state index contributed by atoms with van der Waals surface area (Å²) < 4.78 is 15.6. The lowest BCUT2D eigenvalue weighted by Gasteiger charge is -2.22. The predicted octanol–water partition coefficient (Wildman–Crippen LogP) is 1.97. The van der Waals surface area contributed by atoms with Crippen LogP contribution in [0.1, 0.15) is 20.8 Å². The van der Waals surface area contributed by atoms with Crippen LogP contribution >= 0.6 is 6.72 Å². The summed E-state index contributed by atoms with van der Waals surface area (Å²) in [5.41, 5.74) is 0. The highest BCUT2D eigenvalue weighted by Crippen LogP contribution is 2.50. The molecular weight excluding hydrogens is 241 g/mol. The van der Waals surface area contributed by atoms with Gasteiger partial charge in [0.15, 0.2) is 0 Å². The summed E-state index contributed by atoms with van der Waals surface area (Å²) in [6.07, 6.45) is -0.607. The van der Waals surface area contributed by atoms with Gasteiger partial charge in [0.2, 0.25) is 6.54 Å². The molecule has 0 aromatic rings. The Morgan fingerprint density at radius 2 is 1.87 bits per heavy atom. The molecule has 0 aliphatic carbocycles. The lowest BCUT2D eigenvalue weighted by atomic mass is 10.4. The number of hydrogen-bond acceptors (Lipinski definition) is 6. The normalized spacial score (nSPS) is 13.8. The first kappa shape index (κ1) is 14.9. The highest BCUT2D eigenvalue weighted by molar-refractivity contribution is 8.07. The summed E-state index contributed by atoms with van der Waals surface area (Å²) in [6, 6.07) is 0. The average molecular weight is 257 g/mol. The van der Waals surface area contributed by atoms with Crippen molar-refractivity contribution in [2.45, 2.75) is 26.9 Å². The van der Waals surface area contributed by atoms with E-state index in [2.05, 4.69) is 0 Å². The van der Waals surface area contributed by atoms with Gasteiger partial charge in [-0.15, -0.1) is 0 Å². The van der Waals surface area contributed by atoms with Gasteiger partial charge in [0.25, 0.3) is 0 Å². The molecule has 0 amide bonds. The van der Waals surface area contributed by atoms with Gasteiger partial charge in [0.05, 0.1) is 13.2 Å². The van der Waals surface area contributed by atoms with Crippen LogP contribution in [0.4, 0.5) is 0 Å². The molecule has 0 spiro atoms. The molecule has 0 N–H and O–H groups in total. The van der Waals surface area contributed by atoms with E-state index >= 15 is 0 Å². The number of nitro groups is 1. The van der Waals surface area contributed by atoms with Gasteiger partial charge in [0, 0.05) is 4.92 Å². The van der Waals surface area contributed by atoms with Crippen LogP contribution in [0.2, 0.25) is 0 Å². The van der Waals surface area contributed by atoms with E-state index in [9.17, 15) is 10.1 Å². The lowest BCUT2D eigenvalue weighted by Crippen LogP contribution is -2.19. The summed E-state index contributed by atoms with van der Waals surface area (Å²) in [4.78, 5) is 9.78. The molecule has 1 atom stereocenters. The standard InChI is InChI=1S/C7H16NO5PS/c1-4-11-14(15,12-5-2)13-7(3)6-8(9)10/h7H,4-6H2,1-3H3. The van der Waals surface area contributed by atoms with Crippen molar-refractivity contribution in [1.29, 1.82) is 0 Å². The van der Waals surface area contributed by atoms with E-state index in [0.717, 1.165) is 0 Å². The van der Waals surface area contributed by atoms with Gasteiger partial charge in [-0.2, -0.15) is 0 Å². The van der Waals surface area contributed by atoms with Crippen LogP contribution < -0.4 is 0 Å². The molecule has 0 aliphatic heterocycles. The second kappa shape index (κ2) is 7.24. The van der Waals surface area contributed by atoms with Crippen molar-refractivity contribution in [2.75, 3.05) is 19.8 Å². The van der Waals surface area contributed by atoms with Crippen LogP contribution in [0.15, 0.2) is 0 Å². The quantitative estimate of drug-likeness (QED) is 0.376. The Labute approximate surface area is 94.3 Å². The van der Waals surface area contributed by atoms with E-state index in [1.54, 1.807) is 20.8 Å². The van der Waals surface area contributed by atoms with Crippen LogP contribution in [0.25, 0.3) is 0 Å². The zero-order valence-electron chi connectivity index (χ0n) is 9.04. The fraction of sp³-hybridized carbons (Fsp3) is 1.00. The van der Waals surface area contributed by atoms with Crippen LogP contribution in [0.3, 0.4) is 0 Å². The SMILES string of the molecule is CCOP(=S)(OCC)OC(C)C[N+](=O)[O-]. The van der Waals surface area contributed by atoms with Gasteiger partial charge in [-0.05, 0) is 32.6 Å². The topological polar surface area (TPSA) is 70.8 Å². The van der Waals surface area contributed by atoms with Crippen molar-refractivity contribution >= 4 is 18.5 Å². The first-order valence-corrected chi connectivity index (χ1v) is 7.18. The van der Waals surface area contributed by atoms with Crippen LogP contribution in [0, 0.1) is 10.1 Å². The molecule has 0 fully saturated rings. The van der Waals surface area contributed by atoms with Crippen molar-refractivity contribution in [3.05, 3.63) is 10.1 Å². The first-order chi connectivity index (χ1) is 6.93. The van der Waals surface area contributed by atoms with Crippen LogP contribution in [-0.4, -0.2) is 30.8 Å². The molecule has 90 valence electrons. The summed E-state index contributed by atoms with van der Waals surface area (Å²) in [6.45, 7) is 2.72. The zero-order valence-corrected chi connectivity index (χ0v) is 10.8. The molecular formula is C7H16NO5PS. The largest absolute Gasteiger partial charge is 0.327 e. The zero-order chi connectivity index (χ0) is 11.9. The molecule has 1 unspecified atom stereocenters. The summed E-state index contributed by atoms with van der Waals surface area (Å²) in [7, 11) is 0. The molecule has 0 aromatic carbocycles. The molecule has 0 saturated heterocycles. The lowest BCUT2D eigenvalue weighted by molar-refractivity contribution is -0.488. The van der Waals surface area contributed by atoms with Gasteiger partial charge < -0.3 is 9.05 Å². The van der Waals surface area contributed by atoms with E-state index in [1.807, 2.05) is 0 Å². The molecule has 0 heterocycles. The minimum absolute atomic E-state index is 0.307. The Morgan fingerprint density at radius 3 is 2.20 bits per heavy atom. The Hall–Kier alpha value is -0.0700. The third kappa shape index (κ3) is 6.92. The molecule has 8 heteroatoms. The van der Waals surface area contributed by atoms with Crippen LogP contribution in [-0.2, 0) is 25.4 Å². The van der Waals surface area contributed by atoms with Crippen molar-refractivity contribution in [3.8, 4) is 0 Å². The predicted molar refractivity (Wildman–Crippen MR) is 59.9 cm³/mol. The Kier molecular flexibility index (Phi) is 7.21. The monoisotopic (exact) mass is 257 g/mol. The van der Waals surface area contributed by atoms with Gasteiger partial charge >= 0.3 is 6.72 Å². The molecule has 0 aromatic heterocycles. The van der Waals surface area contributed by atoms with Gasteiger partial charge in [-0.3, -0.25) is 14.6 Å². The molecule has 0 rings (SSSR count). The molecule has 0 bridgehead atoms.